The van der Waals surface area contributed by atoms with E-state index >= 15 is 0 Å². The second-order valence-corrected chi connectivity index (χ2v) is 4.34. The number of benzene rings is 1. The number of nitrogens with zero attached hydrogens (tertiary/aromatic N) is 2. The minimum atomic E-state index is 0. The first-order valence-electron chi connectivity index (χ1n) is 6.09. The molecule has 0 radical (unpaired) electrons. The van der Waals surface area contributed by atoms with Crippen molar-refractivity contribution < 1.29 is 0 Å². The van der Waals surface area contributed by atoms with Crippen LogP contribution in [-0.2, 0) is 6.54 Å². The van der Waals surface area contributed by atoms with Crippen molar-refractivity contribution in [3.8, 4) is 0 Å². The average Bonchev–Trinajstić information content (AvgIpc) is 2.75. The zero-order valence-corrected chi connectivity index (χ0v) is 11.2. The Hall–Kier alpha value is -1.15. The first-order chi connectivity index (χ1) is 7.88. The third kappa shape index (κ3) is 4.31. The van der Waals surface area contributed by atoms with E-state index in [0.717, 1.165) is 13.2 Å². The molecule has 0 amide bonds. The summed E-state index contributed by atoms with van der Waals surface area (Å²) in [6.07, 6.45) is 6.95. The Balaban J connectivity index is 0.00000144. The molecule has 0 aromatic heterocycles. The van der Waals surface area contributed by atoms with Crippen LogP contribution in [0.1, 0.15) is 25.3 Å². The maximum atomic E-state index is 2.38. The Morgan fingerprint density at radius 1 is 1.06 bits per heavy atom. The standard InChI is InChI=1S/C14H20N2.ClH/c1-2-3-9-15-10-11-16(13-15)12-14-7-5-4-6-8-14;/h4-8,10-11H,2-3,9,12-13H2,1H3;1H. The van der Waals surface area contributed by atoms with Crippen molar-refractivity contribution in [3.63, 3.8) is 0 Å². The Labute approximate surface area is 110 Å². The summed E-state index contributed by atoms with van der Waals surface area (Å²) < 4.78 is 0. The van der Waals surface area contributed by atoms with Gasteiger partial charge in [0.25, 0.3) is 0 Å². The van der Waals surface area contributed by atoms with E-state index in [1.165, 1.54) is 24.9 Å². The van der Waals surface area contributed by atoms with Crippen LogP contribution in [0.4, 0.5) is 0 Å². The second-order valence-electron chi connectivity index (χ2n) is 4.34. The molecule has 1 aromatic carbocycles. The SMILES string of the molecule is CCCCN1C=CN(Cc2ccccc2)C1.Cl. The molecule has 94 valence electrons. The molecule has 0 spiro atoms. The van der Waals surface area contributed by atoms with Gasteiger partial charge in [0.05, 0.1) is 6.67 Å². The van der Waals surface area contributed by atoms with E-state index < -0.39 is 0 Å². The number of hydrogen-bond donors (Lipinski definition) is 0. The van der Waals surface area contributed by atoms with Gasteiger partial charge in [-0.1, -0.05) is 43.7 Å². The molecule has 0 saturated carbocycles. The molecular weight excluding hydrogens is 232 g/mol. The predicted molar refractivity (Wildman–Crippen MR) is 74.9 cm³/mol. The van der Waals surface area contributed by atoms with Crippen LogP contribution < -0.4 is 0 Å². The Kier molecular flexibility index (Phi) is 5.92. The smallest absolute Gasteiger partial charge is 0.0897 e. The number of unbranched alkanes of at least 4 members (excludes halogenated alkanes) is 1. The lowest BCUT2D eigenvalue weighted by Crippen LogP contribution is -2.25. The maximum Gasteiger partial charge on any atom is 0.0897 e. The first-order valence-corrected chi connectivity index (χ1v) is 6.09. The molecule has 1 heterocycles. The lowest BCUT2D eigenvalue weighted by atomic mass is 10.2. The van der Waals surface area contributed by atoms with E-state index in [2.05, 4.69) is 59.5 Å². The van der Waals surface area contributed by atoms with Crippen molar-refractivity contribution in [2.24, 2.45) is 0 Å². The zero-order chi connectivity index (χ0) is 11.2. The van der Waals surface area contributed by atoms with Crippen LogP contribution in [0.3, 0.4) is 0 Å². The summed E-state index contributed by atoms with van der Waals surface area (Å²) in [5.41, 5.74) is 1.38. The molecule has 0 atom stereocenters. The summed E-state index contributed by atoms with van der Waals surface area (Å²) in [5.74, 6) is 0. The monoisotopic (exact) mass is 252 g/mol. The molecule has 1 aliphatic heterocycles. The average molecular weight is 253 g/mol. The quantitative estimate of drug-likeness (QED) is 0.792. The minimum absolute atomic E-state index is 0. The molecule has 0 N–H and O–H groups in total. The van der Waals surface area contributed by atoms with Gasteiger partial charge in [-0.15, -0.1) is 12.4 Å². The predicted octanol–water partition coefficient (Wildman–Crippen LogP) is 3.45. The van der Waals surface area contributed by atoms with E-state index in [0.29, 0.717) is 0 Å². The van der Waals surface area contributed by atoms with Crippen molar-refractivity contribution in [3.05, 3.63) is 48.3 Å². The molecule has 17 heavy (non-hydrogen) atoms. The topological polar surface area (TPSA) is 6.48 Å². The van der Waals surface area contributed by atoms with Gasteiger partial charge in [-0.3, -0.25) is 0 Å². The van der Waals surface area contributed by atoms with Gasteiger partial charge in [-0.25, -0.2) is 0 Å². The molecule has 0 aliphatic carbocycles. The van der Waals surface area contributed by atoms with E-state index in [-0.39, 0.29) is 12.4 Å². The summed E-state index contributed by atoms with van der Waals surface area (Å²) in [4.78, 5) is 4.73. The van der Waals surface area contributed by atoms with Gasteiger partial charge in [-0.05, 0) is 12.0 Å². The van der Waals surface area contributed by atoms with Gasteiger partial charge in [0.15, 0.2) is 0 Å². The van der Waals surface area contributed by atoms with E-state index in [1.807, 2.05) is 0 Å². The van der Waals surface area contributed by atoms with Crippen molar-refractivity contribution in [2.75, 3.05) is 13.2 Å². The van der Waals surface area contributed by atoms with Gasteiger partial charge in [-0.2, -0.15) is 0 Å². The van der Waals surface area contributed by atoms with Crippen LogP contribution >= 0.6 is 12.4 Å². The molecule has 0 bridgehead atoms. The van der Waals surface area contributed by atoms with Gasteiger partial charge in [0.1, 0.15) is 0 Å². The van der Waals surface area contributed by atoms with Gasteiger partial charge in [0, 0.05) is 25.5 Å². The summed E-state index contributed by atoms with van der Waals surface area (Å²) in [5, 5.41) is 0. The molecule has 0 saturated heterocycles. The van der Waals surface area contributed by atoms with Gasteiger partial charge >= 0.3 is 0 Å². The van der Waals surface area contributed by atoms with Crippen LogP contribution in [0.15, 0.2) is 42.7 Å². The van der Waals surface area contributed by atoms with Crippen LogP contribution in [-0.4, -0.2) is 23.0 Å². The number of rotatable bonds is 5. The molecule has 2 nitrogen and oxygen atoms in total. The fourth-order valence-electron chi connectivity index (χ4n) is 1.94. The highest BCUT2D eigenvalue weighted by Gasteiger charge is 2.11. The molecule has 3 heteroatoms. The maximum absolute atomic E-state index is 2.38. The van der Waals surface area contributed by atoms with Crippen molar-refractivity contribution in [1.29, 1.82) is 0 Å². The normalized spacial score (nSPS) is 13.9. The molecule has 0 unspecified atom stereocenters. The summed E-state index contributed by atoms with van der Waals surface area (Å²) >= 11 is 0. The van der Waals surface area contributed by atoms with Crippen molar-refractivity contribution >= 4 is 12.4 Å². The zero-order valence-electron chi connectivity index (χ0n) is 10.4. The third-order valence-electron chi connectivity index (χ3n) is 2.88. The Morgan fingerprint density at radius 2 is 1.76 bits per heavy atom. The summed E-state index contributed by atoms with van der Waals surface area (Å²) in [7, 11) is 0. The van der Waals surface area contributed by atoms with Crippen LogP contribution in [0, 0.1) is 0 Å². The van der Waals surface area contributed by atoms with Crippen LogP contribution in [0.25, 0.3) is 0 Å². The first kappa shape index (κ1) is 13.9. The largest absolute Gasteiger partial charge is 0.359 e. The lowest BCUT2D eigenvalue weighted by Gasteiger charge is -2.21. The molecule has 1 aliphatic rings. The van der Waals surface area contributed by atoms with Crippen molar-refractivity contribution in [1.82, 2.24) is 9.80 Å². The van der Waals surface area contributed by atoms with Crippen LogP contribution in [0.5, 0.6) is 0 Å². The lowest BCUT2D eigenvalue weighted by molar-refractivity contribution is 0.257. The summed E-state index contributed by atoms with van der Waals surface area (Å²) in [6, 6.07) is 10.6. The molecule has 2 rings (SSSR count). The highest BCUT2D eigenvalue weighted by molar-refractivity contribution is 5.85. The van der Waals surface area contributed by atoms with E-state index in [4.69, 9.17) is 0 Å². The fraction of sp³-hybridized carbons (Fsp3) is 0.429. The van der Waals surface area contributed by atoms with E-state index in [9.17, 15) is 0 Å². The number of halogens is 1. The third-order valence-corrected chi connectivity index (χ3v) is 2.88. The van der Waals surface area contributed by atoms with Crippen molar-refractivity contribution in [2.45, 2.75) is 26.3 Å². The Morgan fingerprint density at radius 3 is 2.47 bits per heavy atom. The molecule has 1 aromatic rings. The highest BCUT2D eigenvalue weighted by Crippen LogP contribution is 2.12. The highest BCUT2D eigenvalue weighted by atomic mass is 35.5. The molecule has 0 fully saturated rings. The van der Waals surface area contributed by atoms with Gasteiger partial charge < -0.3 is 9.80 Å². The minimum Gasteiger partial charge on any atom is -0.359 e. The summed E-state index contributed by atoms with van der Waals surface area (Å²) in [6.45, 7) is 5.47. The second kappa shape index (κ2) is 7.23. The number of hydrogen-bond acceptors (Lipinski definition) is 2. The van der Waals surface area contributed by atoms with Crippen LogP contribution in [0.2, 0.25) is 0 Å². The Bertz CT molecular complexity index is 337. The fourth-order valence-corrected chi connectivity index (χ4v) is 1.94. The molecular formula is C14H21ClN2. The van der Waals surface area contributed by atoms with E-state index in [1.54, 1.807) is 0 Å². The van der Waals surface area contributed by atoms with Gasteiger partial charge in [0.2, 0.25) is 0 Å².